The third-order valence-electron chi connectivity index (χ3n) is 7.94. The second-order valence-electron chi connectivity index (χ2n) is 10.8. The van der Waals surface area contributed by atoms with Crippen LogP contribution in [0, 0.1) is 5.92 Å². The highest BCUT2D eigenvalue weighted by Gasteiger charge is 2.32. The summed E-state index contributed by atoms with van der Waals surface area (Å²) in [7, 11) is 0. The molecule has 2 saturated heterocycles. The molecule has 0 aliphatic carbocycles. The van der Waals surface area contributed by atoms with Crippen molar-refractivity contribution in [1.82, 2.24) is 19.6 Å². The molecular weight excluding hydrogens is 539 g/mol. The zero-order chi connectivity index (χ0) is 29.1. The predicted molar refractivity (Wildman–Crippen MR) is 146 cm³/mol. The van der Waals surface area contributed by atoms with E-state index in [4.69, 9.17) is 15.6 Å². The van der Waals surface area contributed by atoms with Crippen LogP contribution in [0.4, 0.5) is 13.2 Å². The van der Waals surface area contributed by atoms with E-state index in [0.717, 1.165) is 48.5 Å². The Morgan fingerprint density at radius 3 is 2.54 bits per heavy atom. The van der Waals surface area contributed by atoms with Crippen LogP contribution in [-0.2, 0) is 17.7 Å². The van der Waals surface area contributed by atoms with Gasteiger partial charge in [0.1, 0.15) is 5.75 Å². The highest BCUT2D eigenvalue weighted by molar-refractivity contribution is 6.00. The minimum Gasteiger partial charge on any atom is -0.406 e. The molecule has 0 bridgehead atoms. The Balaban J connectivity index is 1.24. The van der Waals surface area contributed by atoms with Crippen LogP contribution in [0.3, 0.4) is 0 Å². The highest BCUT2D eigenvalue weighted by atomic mass is 19.4. The highest BCUT2D eigenvalue weighted by Crippen LogP contribution is 2.28. The number of amides is 2. The van der Waals surface area contributed by atoms with E-state index in [1.807, 2.05) is 16.9 Å². The Labute approximate surface area is 236 Å². The number of nitrogens with zero attached hydrogens (tertiary/aromatic N) is 4. The number of piperidine rings is 1. The van der Waals surface area contributed by atoms with Gasteiger partial charge < -0.3 is 20.1 Å². The number of primary amides is 1. The topological polar surface area (TPSA) is 103 Å². The number of fused-ring (bicyclic) bond motifs is 1. The average Bonchev–Trinajstić information content (AvgIpc) is 3.35. The summed E-state index contributed by atoms with van der Waals surface area (Å²) < 4.78 is 49.1. The van der Waals surface area contributed by atoms with Gasteiger partial charge in [0.25, 0.3) is 5.91 Å². The zero-order valence-electron chi connectivity index (χ0n) is 22.9. The number of morpholine rings is 1. The SMILES string of the molecule is CC(Cc1c(C(N)=O)ccc2nn(CC3CCN(C(=O)c4cccc(OC(F)(F)F)c4)CC3)cc12)N1CCOCC1. The van der Waals surface area contributed by atoms with Crippen LogP contribution in [0.25, 0.3) is 10.9 Å². The van der Waals surface area contributed by atoms with Crippen molar-refractivity contribution in [2.45, 2.75) is 45.1 Å². The fourth-order valence-electron chi connectivity index (χ4n) is 5.78. The largest absolute Gasteiger partial charge is 0.573 e. The molecule has 1 atom stereocenters. The van der Waals surface area contributed by atoms with Gasteiger partial charge in [-0.3, -0.25) is 19.2 Å². The van der Waals surface area contributed by atoms with Crippen LogP contribution in [0.2, 0.25) is 0 Å². The minimum absolute atomic E-state index is 0.160. The van der Waals surface area contributed by atoms with Gasteiger partial charge in [0, 0.05) is 61.5 Å². The Bertz CT molecular complexity index is 1390. The molecule has 5 rings (SSSR count). The Hall–Kier alpha value is -3.64. The van der Waals surface area contributed by atoms with Crippen LogP contribution < -0.4 is 10.5 Å². The van der Waals surface area contributed by atoms with Crippen molar-refractivity contribution < 1.29 is 32.2 Å². The molecule has 220 valence electrons. The van der Waals surface area contributed by atoms with Gasteiger partial charge in [-0.25, -0.2) is 0 Å². The fraction of sp³-hybridized carbons (Fsp3) is 0.483. The van der Waals surface area contributed by atoms with Gasteiger partial charge in [0.2, 0.25) is 5.91 Å². The van der Waals surface area contributed by atoms with Crippen molar-refractivity contribution in [2.75, 3.05) is 39.4 Å². The van der Waals surface area contributed by atoms with E-state index >= 15 is 0 Å². The summed E-state index contributed by atoms with van der Waals surface area (Å²) in [6.45, 7) is 6.85. The molecule has 0 radical (unpaired) electrons. The Morgan fingerprint density at radius 1 is 1.12 bits per heavy atom. The molecule has 41 heavy (non-hydrogen) atoms. The standard InChI is InChI=1S/C29H34F3N5O4/c1-19(35-11-13-40-14-12-35)15-24-23(27(33)38)5-6-26-25(24)18-37(34-26)17-20-7-9-36(10-8-20)28(39)21-3-2-4-22(16-21)41-29(30,31)32/h2-6,16,18-20H,7-15,17H2,1H3,(H2,33,38). The monoisotopic (exact) mass is 573 g/mol. The predicted octanol–water partition coefficient (Wildman–Crippen LogP) is 3.85. The van der Waals surface area contributed by atoms with Gasteiger partial charge in [-0.1, -0.05) is 6.07 Å². The third-order valence-corrected chi connectivity index (χ3v) is 7.94. The van der Waals surface area contributed by atoms with E-state index in [1.54, 1.807) is 11.0 Å². The van der Waals surface area contributed by atoms with Crippen LogP contribution in [0.1, 0.15) is 46.0 Å². The number of hydrogen-bond acceptors (Lipinski definition) is 6. The van der Waals surface area contributed by atoms with Crippen molar-refractivity contribution >= 4 is 22.7 Å². The van der Waals surface area contributed by atoms with Gasteiger partial charge >= 0.3 is 6.36 Å². The fourth-order valence-corrected chi connectivity index (χ4v) is 5.78. The van der Waals surface area contributed by atoms with E-state index < -0.39 is 18.0 Å². The molecule has 2 fully saturated rings. The van der Waals surface area contributed by atoms with E-state index in [9.17, 15) is 22.8 Å². The molecule has 3 aromatic rings. The summed E-state index contributed by atoms with van der Waals surface area (Å²) in [5.74, 6) is -0.933. The van der Waals surface area contributed by atoms with Gasteiger partial charge in [-0.15, -0.1) is 13.2 Å². The molecule has 1 unspecified atom stereocenters. The Kier molecular flexibility index (Phi) is 8.50. The number of ether oxygens (including phenoxy) is 2. The lowest BCUT2D eigenvalue weighted by Crippen LogP contribution is -2.43. The minimum atomic E-state index is -4.82. The van der Waals surface area contributed by atoms with E-state index in [-0.39, 0.29) is 23.4 Å². The smallest absolute Gasteiger partial charge is 0.406 e. The van der Waals surface area contributed by atoms with Crippen molar-refractivity contribution in [2.24, 2.45) is 11.7 Å². The lowest BCUT2D eigenvalue weighted by atomic mass is 9.95. The summed E-state index contributed by atoms with van der Waals surface area (Å²) in [4.78, 5) is 29.3. The van der Waals surface area contributed by atoms with Crippen LogP contribution in [0.5, 0.6) is 5.75 Å². The van der Waals surface area contributed by atoms with Crippen molar-refractivity contribution in [3.05, 3.63) is 59.3 Å². The molecule has 0 saturated carbocycles. The molecule has 2 aliphatic rings. The van der Waals surface area contributed by atoms with E-state index in [2.05, 4.69) is 16.6 Å². The number of carbonyl (C=O) groups is 2. The lowest BCUT2D eigenvalue weighted by molar-refractivity contribution is -0.274. The second-order valence-corrected chi connectivity index (χ2v) is 10.8. The van der Waals surface area contributed by atoms with Gasteiger partial charge in [0.05, 0.1) is 18.7 Å². The number of nitrogens with two attached hydrogens (primary N) is 1. The summed E-state index contributed by atoms with van der Waals surface area (Å²) in [5, 5.41) is 5.68. The number of hydrogen-bond donors (Lipinski definition) is 1. The van der Waals surface area contributed by atoms with Gasteiger partial charge in [-0.05, 0) is 68.0 Å². The quantitative estimate of drug-likeness (QED) is 0.439. The summed E-state index contributed by atoms with van der Waals surface area (Å²) in [6, 6.07) is 8.94. The number of alkyl halides is 3. The molecular formula is C29H34F3N5O4. The zero-order valence-corrected chi connectivity index (χ0v) is 22.9. The Morgan fingerprint density at radius 2 is 1.85 bits per heavy atom. The maximum atomic E-state index is 13.0. The van der Waals surface area contributed by atoms with Crippen LogP contribution >= 0.6 is 0 Å². The van der Waals surface area contributed by atoms with Gasteiger partial charge in [0.15, 0.2) is 0 Å². The number of rotatable bonds is 8. The molecule has 1 aromatic heterocycles. The number of aromatic nitrogens is 2. The number of halogens is 3. The first-order chi connectivity index (χ1) is 19.6. The first-order valence-electron chi connectivity index (χ1n) is 13.8. The normalized spacial score (nSPS) is 18.0. The van der Waals surface area contributed by atoms with Crippen molar-refractivity contribution in [3.63, 3.8) is 0 Å². The average molecular weight is 574 g/mol. The van der Waals surface area contributed by atoms with Crippen LogP contribution in [0.15, 0.2) is 42.6 Å². The first kappa shape index (κ1) is 28.9. The van der Waals surface area contributed by atoms with Gasteiger partial charge in [-0.2, -0.15) is 5.10 Å². The molecule has 2 N–H and O–H groups in total. The molecule has 9 nitrogen and oxygen atoms in total. The number of likely N-dealkylation sites (tertiary alicyclic amines) is 1. The summed E-state index contributed by atoms with van der Waals surface area (Å²) in [6.07, 6.45) is -0.716. The maximum Gasteiger partial charge on any atom is 0.573 e. The van der Waals surface area contributed by atoms with E-state index in [0.29, 0.717) is 44.8 Å². The molecule has 0 spiro atoms. The van der Waals surface area contributed by atoms with Crippen LogP contribution in [-0.4, -0.2) is 83.2 Å². The maximum absolute atomic E-state index is 13.0. The number of benzene rings is 2. The van der Waals surface area contributed by atoms with E-state index in [1.165, 1.54) is 18.2 Å². The first-order valence-corrected chi connectivity index (χ1v) is 13.8. The van der Waals surface area contributed by atoms with Crippen molar-refractivity contribution in [3.8, 4) is 5.75 Å². The molecule has 2 aliphatic heterocycles. The van der Waals surface area contributed by atoms with Crippen molar-refractivity contribution in [1.29, 1.82) is 0 Å². The lowest BCUT2D eigenvalue weighted by Gasteiger charge is -2.32. The molecule has 2 amide bonds. The second kappa shape index (κ2) is 12.1. The molecule has 2 aromatic carbocycles. The summed E-state index contributed by atoms with van der Waals surface area (Å²) >= 11 is 0. The third kappa shape index (κ3) is 6.99. The number of carbonyl (C=O) groups excluding carboxylic acids is 2. The molecule has 12 heteroatoms. The summed E-state index contributed by atoms with van der Waals surface area (Å²) in [5.41, 5.74) is 8.11. The molecule has 3 heterocycles.